The van der Waals surface area contributed by atoms with E-state index in [2.05, 4.69) is 94.9 Å². The molecule has 0 aliphatic rings. The third kappa shape index (κ3) is 2.89. The number of benzene rings is 5. The second kappa shape index (κ2) is 7.50. The summed E-state index contributed by atoms with van der Waals surface area (Å²) in [6.45, 7) is 0. The predicted octanol–water partition coefficient (Wildman–Crippen LogP) is 8.38. The van der Waals surface area contributed by atoms with Crippen molar-refractivity contribution in [3.8, 4) is 33.4 Å². The van der Waals surface area contributed by atoms with Crippen LogP contribution in [0.4, 0.5) is 0 Å². The van der Waals surface area contributed by atoms with E-state index in [4.69, 9.17) is 0 Å². The van der Waals surface area contributed by atoms with Crippen molar-refractivity contribution >= 4 is 32.3 Å². The molecule has 2 aromatic heterocycles. The zero-order valence-electron chi connectivity index (χ0n) is 18.4. The molecule has 0 saturated heterocycles. The van der Waals surface area contributed by atoms with Gasteiger partial charge in [0, 0.05) is 35.9 Å². The monoisotopic (exact) mass is 432 g/mol. The summed E-state index contributed by atoms with van der Waals surface area (Å²) in [5.41, 5.74) is 7.13. The molecule has 2 heterocycles. The van der Waals surface area contributed by atoms with Gasteiger partial charge < -0.3 is 0 Å². The summed E-state index contributed by atoms with van der Waals surface area (Å²) in [5, 5.41) is 7.73. The number of nitrogens with zero attached hydrogens (tertiary/aromatic N) is 2. The van der Waals surface area contributed by atoms with Crippen molar-refractivity contribution in [3.63, 3.8) is 0 Å². The van der Waals surface area contributed by atoms with Gasteiger partial charge in [0.1, 0.15) is 0 Å². The summed E-state index contributed by atoms with van der Waals surface area (Å²) >= 11 is 0. The van der Waals surface area contributed by atoms with Crippen molar-refractivity contribution in [1.29, 1.82) is 0 Å². The lowest BCUT2D eigenvalue weighted by atomic mass is 9.87. The third-order valence-electron chi connectivity index (χ3n) is 6.81. The number of pyridine rings is 2. The first kappa shape index (κ1) is 19.0. The van der Waals surface area contributed by atoms with Crippen molar-refractivity contribution < 1.29 is 0 Å². The summed E-state index contributed by atoms with van der Waals surface area (Å²) in [6, 6.07) is 35.0. The molecule has 34 heavy (non-hydrogen) atoms. The molecule has 7 aromatic rings. The van der Waals surface area contributed by atoms with Crippen LogP contribution in [0, 0.1) is 0 Å². The number of hydrogen-bond acceptors (Lipinski definition) is 2. The second-order valence-electron chi connectivity index (χ2n) is 8.71. The molecule has 2 heteroatoms. The van der Waals surface area contributed by atoms with Crippen molar-refractivity contribution in [2.24, 2.45) is 0 Å². The minimum atomic E-state index is 1.13. The predicted molar refractivity (Wildman–Crippen MR) is 142 cm³/mol. The van der Waals surface area contributed by atoms with E-state index in [0.717, 1.165) is 11.1 Å². The number of rotatable bonds is 3. The van der Waals surface area contributed by atoms with E-state index < -0.39 is 0 Å². The lowest BCUT2D eigenvalue weighted by Crippen LogP contribution is -1.90. The van der Waals surface area contributed by atoms with Crippen LogP contribution in [0.5, 0.6) is 0 Å². The molecule has 0 aliphatic heterocycles. The topological polar surface area (TPSA) is 25.8 Å². The quantitative estimate of drug-likeness (QED) is 0.262. The first-order valence-corrected chi connectivity index (χ1v) is 11.5. The minimum Gasteiger partial charge on any atom is -0.264 e. The van der Waals surface area contributed by atoms with Crippen LogP contribution in [-0.2, 0) is 0 Å². The van der Waals surface area contributed by atoms with Crippen LogP contribution < -0.4 is 0 Å². The molecule has 0 unspecified atom stereocenters. The van der Waals surface area contributed by atoms with E-state index in [1.165, 1.54) is 54.6 Å². The Morgan fingerprint density at radius 3 is 1.56 bits per heavy atom. The van der Waals surface area contributed by atoms with Crippen LogP contribution in [0.2, 0.25) is 0 Å². The highest BCUT2D eigenvalue weighted by Gasteiger charge is 2.15. The molecule has 0 aliphatic carbocycles. The Morgan fingerprint density at radius 1 is 0.412 bits per heavy atom. The maximum absolute atomic E-state index is 4.35. The summed E-state index contributed by atoms with van der Waals surface area (Å²) in [4.78, 5) is 8.65. The van der Waals surface area contributed by atoms with E-state index in [-0.39, 0.29) is 0 Å². The molecular formula is C32H20N2. The Morgan fingerprint density at radius 2 is 0.941 bits per heavy atom. The van der Waals surface area contributed by atoms with Crippen LogP contribution in [0.1, 0.15) is 0 Å². The molecule has 0 spiro atoms. The third-order valence-corrected chi connectivity index (χ3v) is 6.81. The molecule has 0 saturated carbocycles. The molecule has 0 bridgehead atoms. The summed E-state index contributed by atoms with van der Waals surface area (Å²) in [5.74, 6) is 0. The summed E-state index contributed by atoms with van der Waals surface area (Å²) < 4.78 is 0. The summed E-state index contributed by atoms with van der Waals surface area (Å²) in [7, 11) is 0. The van der Waals surface area contributed by atoms with Gasteiger partial charge in [-0.2, -0.15) is 0 Å². The molecule has 0 radical (unpaired) electrons. The van der Waals surface area contributed by atoms with Crippen LogP contribution in [0.15, 0.2) is 122 Å². The van der Waals surface area contributed by atoms with Crippen LogP contribution in [0.3, 0.4) is 0 Å². The van der Waals surface area contributed by atoms with Crippen LogP contribution in [-0.4, -0.2) is 9.97 Å². The highest BCUT2D eigenvalue weighted by Crippen LogP contribution is 2.42. The molecular weight excluding hydrogens is 412 g/mol. The van der Waals surface area contributed by atoms with Gasteiger partial charge >= 0.3 is 0 Å². The average Bonchev–Trinajstić information content (AvgIpc) is 2.92. The van der Waals surface area contributed by atoms with Gasteiger partial charge in [0.25, 0.3) is 0 Å². The zero-order chi connectivity index (χ0) is 22.5. The van der Waals surface area contributed by atoms with Gasteiger partial charge in [0.15, 0.2) is 0 Å². The molecule has 7 rings (SSSR count). The van der Waals surface area contributed by atoms with Gasteiger partial charge in [-0.3, -0.25) is 9.97 Å². The van der Waals surface area contributed by atoms with Gasteiger partial charge in [-0.15, -0.1) is 0 Å². The van der Waals surface area contributed by atoms with Crippen molar-refractivity contribution in [1.82, 2.24) is 9.97 Å². The maximum atomic E-state index is 4.35. The normalized spacial score (nSPS) is 11.5. The second-order valence-corrected chi connectivity index (χ2v) is 8.71. The Bertz CT molecular complexity index is 1790. The Labute approximate surface area is 197 Å². The maximum Gasteiger partial charge on any atom is 0.0346 e. The van der Waals surface area contributed by atoms with E-state index >= 15 is 0 Å². The zero-order valence-corrected chi connectivity index (χ0v) is 18.4. The average molecular weight is 433 g/mol. The highest BCUT2D eigenvalue weighted by atomic mass is 14.6. The molecule has 158 valence electrons. The molecule has 0 fully saturated rings. The van der Waals surface area contributed by atoms with E-state index in [1.807, 2.05) is 36.9 Å². The SMILES string of the molecule is c1cncc(-c2cccc(-c3ccc4ccc5c(-c6cccnc6)ccc6ccc3c4c65)c2)c1. The first-order chi connectivity index (χ1) is 16.9. The largest absolute Gasteiger partial charge is 0.264 e. The van der Waals surface area contributed by atoms with E-state index in [9.17, 15) is 0 Å². The standard InChI is InChI=1S/C32H20N2/c1-4-23(25-6-2-16-33-19-25)18-24(5-1)27-12-8-21-11-15-30-28(26-7-3-17-34-20-26)13-9-22-10-14-29(27)31(21)32(22)30/h1-20H. The Hall–Kier alpha value is -4.56. The van der Waals surface area contributed by atoms with Crippen LogP contribution in [0.25, 0.3) is 65.7 Å². The van der Waals surface area contributed by atoms with E-state index in [1.54, 1.807) is 0 Å². The van der Waals surface area contributed by atoms with E-state index in [0.29, 0.717) is 0 Å². The van der Waals surface area contributed by atoms with Gasteiger partial charge in [-0.1, -0.05) is 78.9 Å². The van der Waals surface area contributed by atoms with Crippen molar-refractivity contribution in [2.75, 3.05) is 0 Å². The fourth-order valence-corrected chi connectivity index (χ4v) is 5.23. The lowest BCUT2D eigenvalue weighted by molar-refractivity contribution is 1.33. The van der Waals surface area contributed by atoms with Crippen molar-refractivity contribution in [3.05, 3.63) is 122 Å². The van der Waals surface area contributed by atoms with Gasteiger partial charge in [-0.05, 0) is 72.8 Å². The number of aromatic nitrogens is 2. The molecule has 0 amide bonds. The van der Waals surface area contributed by atoms with Crippen molar-refractivity contribution in [2.45, 2.75) is 0 Å². The fraction of sp³-hybridized carbons (Fsp3) is 0. The lowest BCUT2D eigenvalue weighted by Gasteiger charge is -2.16. The molecule has 5 aromatic carbocycles. The Balaban J connectivity index is 1.51. The van der Waals surface area contributed by atoms with Crippen LogP contribution >= 0.6 is 0 Å². The van der Waals surface area contributed by atoms with Gasteiger partial charge in [0.2, 0.25) is 0 Å². The highest BCUT2D eigenvalue weighted by molar-refractivity contribution is 6.27. The fourth-order valence-electron chi connectivity index (χ4n) is 5.23. The first-order valence-electron chi connectivity index (χ1n) is 11.5. The number of hydrogen-bond donors (Lipinski definition) is 0. The smallest absolute Gasteiger partial charge is 0.0346 e. The van der Waals surface area contributed by atoms with Gasteiger partial charge in [0.05, 0.1) is 0 Å². The molecule has 0 N–H and O–H groups in total. The Kier molecular flexibility index (Phi) is 4.18. The molecule has 0 atom stereocenters. The summed E-state index contributed by atoms with van der Waals surface area (Å²) in [6.07, 6.45) is 7.50. The minimum absolute atomic E-state index is 1.13. The molecule has 2 nitrogen and oxygen atoms in total. The van der Waals surface area contributed by atoms with Gasteiger partial charge in [-0.25, -0.2) is 0 Å².